The molecule has 0 bridgehead atoms. The average molecular weight is 375 g/mol. The molecule has 0 heterocycles. The molecule has 0 aliphatic heterocycles. The molecule has 0 aromatic heterocycles. The minimum atomic E-state index is -0.0460. The molecule has 0 atom stereocenters. The van der Waals surface area contributed by atoms with Crippen LogP contribution in [-0.2, 0) is 9.59 Å². The molecule has 0 aliphatic rings. The fourth-order valence-electron chi connectivity index (χ4n) is 2.50. The number of hydrogen-bond acceptors (Lipinski definition) is 8. The number of carbonyl (C=O) groups excluding carboxylic acids is 2. The molecular formula is C16H38N8O2. The first-order chi connectivity index (χ1) is 12.6. The zero-order chi connectivity index (χ0) is 19.6. The van der Waals surface area contributed by atoms with Crippen LogP contribution in [0, 0.1) is 0 Å². The van der Waals surface area contributed by atoms with E-state index in [1.54, 1.807) is 0 Å². The van der Waals surface area contributed by atoms with Crippen molar-refractivity contribution in [2.24, 2.45) is 22.9 Å². The summed E-state index contributed by atoms with van der Waals surface area (Å²) in [6, 6.07) is 0. The summed E-state index contributed by atoms with van der Waals surface area (Å²) in [6.07, 6.45) is 0.780. The largest absolute Gasteiger partial charge is 0.354 e. The van der Waals surface area contributed by atoms with E-state index in [0.717, 1.165) is 26.2 Å². The molecule has 0 fully saturated rings. The molecule has 0 aromatic rings. The van der Waals surface area contributed by atoms with E-state index in [9.17, 15) is 9.59 Å². The summed E-state index contributed by atoms with van der Waals surface area (Å²) < 4.78 is 0. The molecule has 2 amide bonds. The summed E-state index contributed by atoms with van der Waals surface area (Å²) in [7, 11) is 0. The van der Waals surface area contributed by atoms with Crippen molar-refractivity contribution in [1.82, 2.24) is 20.4 Å². The van der Waals surface area contributed by atoms with E-state index < -0.39 is 0 Å². The zero-order valence-electron chi connectivity index (χ0n) is 15.9. The van der Waals surface area contributed by atoms with Crippen molar-refractivity contribution in [2.45, 2.75) is 12.8 Å². The lowest BCUT2D eigenvalue weighted by atomic mass is 10.3. The summed E-state index contributed by atoms with van der Waals surface area (Å²) in [5, 5.41) is 5.59. The third-order valence-electron chi connectivity index (χ3n) is 3.86. The minimum absolute atomic E-state index is 0.0460. The van der Waals surface area contributed by atoms with Gasteiger partial charge in [-0.15, -0.1) is 0 Å². The maximum absolute atomic E-state index is 11.8. The number of amides is 2. The van der Waals surface area contributed by atoms with Crippen molar-refractivity contribution in [3.8, 4) is 0 Å². The highest BCUT2D eigenvalue weighted by Gasteiger charge is 2.08. The quantitative estimate of drug-likeness (QED) is 0.142. The molecule has 0 unspecified atom stereocenters. The number of hydrogen-bond donors (Lipinski definition) is 6. The van der Waals surface area contributed by atoms with Crippen LogP contribution in [0.3, 0.4) is 0 Å². The monoisotopic (exact) mass is 374 g/mol. The summed E-state index contributed by atoms with van der Waals surface area (Å²) in [4.78, 5) is 27.8. The van der Waals surface area contributed by atoms with Crippen molar-refractivity contribution in [1.29, 1.82) is 0 Å². The van der Waals surface area contributed by atoms with Crippen molar-refractivity contribution in [3.63, 3.8) is 0 Å². The Hall–Kier alpha value is -1.30. The first-order valence-corrected chi connectivity index (χ1v) is 9.35. The molecule has 0 aliphatic carbocycles. The van der Waals surface area contributed by atoms with Crippen molar-refractivity contribution < 1.29 is 9.59 Å². The average Bonchev–Trinajstić information content (AvgIpc) is 2.62. The molecule has 10 N–H and O–H groups in total. The molecule has 10 nitrogen and oxygen atoms in total. The molecule has 0 rings (SSSR count). The normalized spacial score (nSPS) is 11.2. The second kappa shape index (κ2) is 17.1. The van der Waals surface area contributed by atoms with E-state index in [4.69, 9.17) is 22.9 Å². The first-order valence-electron chi connectivity index (χ1n) is 9.35. The molecule has 154 valence electrons. The molecule has 0 radical (unpaired) electrons. The SMILES string of the molecule is NCCN(CCN)CCC(=O)NCCNC(=O)CCN(CCN)CCN. The van der Waals surface area contributed by atoms with E-state index in [1.807, 2.05) is 0 Å². The van der Waals surface area contributed by atoms with Crippen LogP contribution in [0.5, 0.6) is 0 Å². The summed E-state index contributed by atoms with van der Waals surface area (Å²) in [5.41, 5.74) is 22.1. The first kappa shape index (κ1) is 24.7. The highest BCUT2D eigenvalue weighted by atomic mass is 16.2. The molecule has 0 spiro atoms. The van der Waals surface area contributed by atoms with Crippen LogP contribution in [0.1, 0.15) is 12.8 Å². The lowest BCUT2D eigenvalue weighted by Gasteiger charge is -2.20. The van der Waals surface area contributed by atoms with Gasteiger partial charge in [-0.2, -0.15) is 0 Å². The number of nitrogens with one attached hydrogen (secondary N) is 2. The van der Waals surface area contributed by atoms with Crippen LogP contribution in [-0.4, -0.2) is 100 Å². The van der Waals surface area contributed by atoms with Crippen molar-refractivity contribution in [2.75, 3.05) is 78.5 Å². The molecule has 26 heavy (non-hydrogen) atoms. The summed E-state index contributed by atoms with van der Waals surface area (Å²) >= 11 is 0. The maximum atomic E-state index is 11.8. The van der Waals surface area contributed by atoms with Crippen LogP contribution in [0.4, 0.5) is 0 Å². The number of rotatable bonds is 17. The maximum Gasteiger partial charge on any atom is 0.221 e. The summed E-state index contributed by atoms with van der Waals surface area (Å²) in [5.74, 6) is -0.0919. The smallest absolute Gasteiger partial charge is 0.221 e. The van der Waals surface area contributed by atoms with Crippen LogP contribution >= 0.6 is 0 Å². The van der Waals surface area contributed by atoms with Crippen LogP contribution in [0.25, 0.3) is 0 Å². The van der Waals surface area contributed by atoms with Gasteiger partial charge in [-0.05, 0) is 0 Å². The van der Waals surface area contributed by atoms with Gasteiger partial charge < -0.3 is 43.4 Å². The van der Waals surface area contributed by atoms with Crippen molar-refractivity contribution in [3.05, 3.63) is 0 Å². The number of nitrogens with zero attached hydrogens (tertiary/aromatic N) is 2. The van der Waals surface area contributed by atoms with Gasteiger partial charge in [-0.25, -0.2) is 0 Å². The molecule has 0 saturated heterocycles. The fraction of sp³-hybridized carbons (Fsp3) is 0.875. The van der Waals surface area contributed by atoms with E-state index in [1.165, 1.54) is 0 Å². The Labute approximate surface area is 157 Å². The highest BCUT2D eigenvalue weighted by molar-refractivity contribution is 5.77. The predicted octanol–water partition coefficient (Wildman–Crippen LogP) is -3.56. The van der Waals surface area contributed by atoms with Gasteiger partial charge in [0.2, 0.25) is 11.8 Å². The highest BCUT2D eigenvalue weighted by Crippen LogP contribution is 1.91. The zero-order valence-corrected chi connectivity index (χ0v) is 15.9. The fourth-order valence-corrected chi connectivity index (χ4v) is 2.50. The molecular weight excluding hydrogens is 336 g/mol. The van der Waals surface area contributed by atoms with Gasteiger partial charge in [0, 0.05) is 91.4 Å². The van der Waals surface area contributed by atoms with E-state index in [-0.39, 0.29) is 11.8 Å². The summed E-state index contributed by atoms with van der Waals surface area (Å²) in [6.45, 7) is 7.17. The lowest BCUT2D eigenvalue weighted by molar-refractivity contribution is -0.123. The van der Waals surface area contributed by atoms with Crippen molar-refractivity contribution >= 4 is 11.8 Å². The van der Waals surface area contributed by atoms with Gasteiger partial charge in [0.15, 0.2) is 0 Å². The second-order valence-corrected chi connectivity index (χ2v) is 6.04. The number of nitrogens with two attached hydrogens (primary N) is 4. The van der Waals surface area contributed by atoms with Crippen LogP contribution in [0.2, 0.25) is 0 Å². The number of carbonyl (C=O) groups is 2. The molecule has 10 heteroatoms. The second-order valence-electron chi connectivity index (χ2n) is 6.04. The Morgan fingerprint density at radius 2 is 0.885 bits per heavy atom. The van der Waals surface area contributed by atoms with Gasteiger partial charge in [-0.1, -0.05) is 0 Å². The molecule has 0 saturated carbocycles. The third kappa shape index (κ3) is 13.9. The van der Waals surface area contributed by atoms with Gasteiger partial charge in [0.1, 0.15) is 0 Å². The van der Waals surface area contributed by atoms with Crippen LogP contribution in [0.15, 0.2) is 0 Å². The topological polar surface area (TPSA) is 169 Å². The van der Waals surface area contributed by atoms with Gasteiger partial charge >= 0.3 is 0 Å². The van der Waals surface area contributed by atoms with Gasteiger partial charge in [0.25, 0.3) is 0 Å². The Morgan fingerprint density at radius 1 is 0.577 bits per heavy atom. The third-order valence-corrected chi connectivity index (χ3v) is 3.86. The Kier molecular flexibility index (Phi) is 16.3. The van der Waals surface area contributed by atoms with Gasteiger partial charge in [0.05, 0.1) is 0 Å². The Bertz CT molecular complexity index is 324. The molecule has 0 aromatic carbocycles. The van der Waals surface area contributed by atoms with Gasteiger partial charge in [-0.3, -0.25) is 9.59 Å². The minimum Gasteiger partial charge on any atom is -0.354 e. The Balaban J connectivity index is 3.79. The predicted molar refractivity (Wildman–Crippen MR) is 104 cm³/mol. The van der Waals surface area contributed by atoms with E-state index >= 15 is 0 Å². The standard InChI is InChI=1S/C16H38N8O2/c17-3-11-23(12-4-18)9-1-15(25)21-7-8-22-16(26)2-10-24(13-5-19)14-6-20/h1-14,17-20H2,(H,21,25)(H,22,26). The van der Waals surface area contributed by atoms with E-state index in [2.05, 4.69) is 20.4 Å². The van der Waals surface area contributed by atoms with E-state index in [0.29, 0.717) is 65.2 Å². The Morgan fingerprint density at radius 3 is 1.15 bits per heavy atom. The van der Waals surface area contributed by atoms with Crippen LogP contribution < -0.4 is 33.6 Å². The lowest BCUT2D eigenvalue weighted by Crippen LogP contribution is -2.40.